The van der Waals surface area contributed by atoms with Crippen LogP contribution in [0.25, 0.3) is 0 Å². The van der Waals surface area contributed by atoms with Crippen LogP contribution in [-0.2, 0) is 12.7 Å². The van der Waals surface area contributed by atoms with Gasteiger partial charge in [0.2, 0.25) is 0 Å². The van der Waals surface area contributed by atoms with Crippen molar-refractivity contribution < 1.29 is 22.7 Å². The van der Waals surface area contributed by atoms with E-state index in [2.05, 4.69) is 20.1 Å². The molecule has 3 aromatic heterocycles. The molecule has 1 fully saturated rings. The second-order valence-corrected chi connectivity index (χ2v) is 10.1. The fraction of sp³-hybridized carbons (Fsp3) is 0.276. The maximum atomic E-state index is 13.9. The van der Waals surface area contributed by atoms with Crippen LogP contribution in [0.5, 0.6) is 6.01 Å². The third-order valence-corrected chi connectivity index (χ3v) is 7.55. The lowest BCUT2D eigenvalue weighted by atomic mass is 10.1. The topological polar surface area (TPSA) is 144 Å². The minimum Gasteiger partial charge on any atom is -0.461 e. The van der Waals surface area contributed by atoms with Crippen molar-refractivity contribution >= 4 is 17.4 Å². The molecule has 0 radical (unpaired) electrons. The summed E-state index contributed by atoms with van der Waals surface area (Å²) in [6.07, 6.45) is -1.04. The van der Waals surface area contributed by atoms with Gasteiger partial charge in [-0.15, -0.1) is 0 Å². The van der Waals surface area contributed by atoms with Crippen molar-refractivity contribution in [2.75, 3.05) is 42.6 Å². The fourth-order valence-corrected chi connectivity index (χ4v) is 5.40. The summed E-state index contributed by atoms with van der Waals surface area (Å²) in [6.45, 7) is 1.84. The average Bonchev–Trinajstić information content (AvgIpc) is 3.41. The third kappa shape index (κ3) is 5.61. The maximum absolute atomic E-state index is 13.9. The number of carbonyl (C=O) groups is 1. The minimum atomic E-state index is -4.91. The van der Waals surface area contributed by atoms with Crippen LogP contribution >= 0.6 is 0 Å². The molecule has 0 spiro atoms. The predicted octanol–water partition coefficient (Wildman–Crippen LogP) is 2.95. The highest BCUT2D eigenvalue weighted by Gasteiger charge is 2.42. The van der Waals surface area contributed by atoms with Crippen LogP contribution in [0.3, 0.4) is 0 Å². The molecule has 1 atom stereocenters. The smallest absolute Gasteiger partial charge is 0.423 e. The summed E-state index contributed by atoms with van der Waals surface area (Å²) in [5.41, 5.74) is -0.976. The summed E-state index contributed by atoms with van der Waals surface area (Å²) in [7, 11) is 0. The van der Waals surface area contributed by atoms with E-state index >= 15 is 0 Å². The number of nitrogens with one attached hydrogen (secondary N) is 1. The SMILES string of the molecule is N#Cc1ccc(N2CCN(C(=O)c3ccnc(OC[C@@H]4c5ccccc5CN4c4cn[nH]c(=O)c4C(F)(F)F)n3)CC2)nc1. The van der Waals surface area contributed by atoms with Gasteiger partial charge in [0.05, 0.1) is 23.5 Å². The van der Waals surface area contributed by atoms with Crippen LogP contribution in [0.4, 0.5) is 24.7 Å². The van der Waals surface area contributed by atoms with Crippen LogP contribution in [0.15, 0.2) is 65.8 Å². The Morgan fingerprint density at radius 3 is 2.59 bits per heavy atom. The van der Waals surface area contributed by atoms with Crippen molar-refractivity contribution in [1.29, 1.82) is 5.26 Å². The van der Waals surface area contributed by atoms with Crippen LogP contribution in [0, 0.1) is 11.3 Å². The van der Waals surface area contributed by atoms with E-state index < -0.39 is 23.3 Å². The number of anilines is 2. The number of nitrogens with zero attached hydrogens (tertiary/aromatic N) is 8. The first-order chi connectivity index (χ1) is 21.2. The summed E-state index contributed by atoms with van der Waals surface area (Å²) < 4.78 is 47.6. The van der Waals surface area contributed by atoms with E-state index in [0.29, 0.717) is 31.7 Å². The number of H-pyrrole nitrogens is 1. The number of fused-ring (bicyclic) bond motifs is 1. The highest BCUT2D eigenvalue weighted by Crippen LogP contribution is 2.42. The second kappa shape index (κ2) is 11.6. The number of aromatic amines is 1. The predicted molar refractivity (Wildman–Crippen MR) is 150 cm³/mol. The van der Waals surface area contributed by atoms with Crippen LogP contribution in [0.1, 0.15) is 38.8 Å². The Hall–Kier alpha value is -5.52. The lowest BCUT2D eigenvalue weighted by Gasteiger charge is -2.35. The number of nitriles is 1. The number of ether oxygens (including phenoxy) is 1. The third-order valence-electron chi connectivity index (χ3n) is 7.55. The normalized spacial score (nSPS) is 16.4. The Morgan fingerprint density at radius 1 is 1.07 bits per heavy atom. The van der Waals surface area contributed by atoms with Crippen molar-refractivity contribution in [3.8, 4) is 12.1 Å². The molecular formula is C29H24F3N9O3. The molecule has 0 saturated carbocycles. The number of hydrogen-bond donors (Lipinski definition) is 1. The van der Waals surface area contributed by atoms with Gasteiger partial charge in [-0.25, -0.2) is 15.1 Å². The zero-order valence-electron chi connectivity index (χ0n) is 23.0. The van der Waals surface area contributed by atoms with E-state index in [1.54, 1.807) is 41.3 Å². The number of benzene rings is 1. The molecule has 4 aromatic rings. The molecule has 5 heterocycles. The molecule has 12 nitrogen and oxygen atoms in total. The lowest BCUT2D eigenvalue weighted by molar-refractivity contribution is -0.138. The highest BCUT2D eigenvalue weighted by molar-refractivity contribution is 5.92. The Labute approximate surface area is 248 Å². The van der Waals surface area contributed by atoms with Gasteiger partial charge < -0.3 is 19.4 Å². The minimum absolute atomic E-state index is 0.0990. The van der Waals surface area contributed by atoms with Crippen molar-refractivity contribution in [2.45, 2.75) is 18.8 Å². The number of rotatable bonds is 6. The van der Waals surface area contributed by atoms with Gasteiger partial charge in [0.15, 0.2) is 0 Å². The number of carbonyl (C=O) groups excluding carboxylic acids is 1. The van der Waals surface area contributed by atoms with E-state index in [1.807, 2.05) is 16.1 Å². The molecule has 2 aliphatic heterocycles. The Morgan fingerprint density at radius 2 is 1.86 bits per heavy atom. The van der Waals surface area contributed by atoms with E-state index in [-0.39, 0.29) is 36.5 Å². The van der Waals surface area contributed by atoms with Crippen molar-refractivity contribution in [3.05, 3.63) is 99.4 Å². The van der Waals surface area contributed by atoms with Crippen molar-refractivity contribution in [2.24, 2.45) is 0 Å². The fourth-order valence-electron chi connectivity index (χ4n) is 5.40. The molecule has 0 unspecified atom stereocenters. The zero-order valence-corrected chi connectivity index (χ0v) is 23.0. The van der Waals surface area contributed by atoms with Crippen molar-refractivity contribution in [3.63, 3.8) is 0 Å². The van der Waals surface area contributed by atoms with Gasteiger partial charge in [-0.2, -0.15) is 28.5 Å². The molecule has 1 saturated heterocycles. The first-order valence-electron chi connectivity index (χ1n) is 13.6. The summed E-state index contributed by atoms with van der Waals surface area (Å²) in [6, 6.07) is 13.3. The van der Waals surface area contributed by atoms with Gasteiger partial charge in [-0.3, -0.25) is 9.59 Å². The Kier molecular flexibility index (Phi) is 7.56. The molecule has 1 N–H and O–H groups in total. The monoisotopic (exact) mass is 603 g/mol. The number of alkyl halides is 3. The molecule has 0 bridgehead atoms. The molecule has 2 aliphatic rings. The van der Waals surface area contributed by atoms with Gasteiger partial charge in [-0.1, -0.05) is 24.3 Å². The molecule has 44 heavy (non-hydrogen) atoms. The second-order valence-electron chi connectivity index (χ2n) is 10.1. The quantitative estimate of drug-likeness (QED) is 0.349. The zero-order chi connectivity index (χ0) is 30.8. The van der Waals surface area contributed by atoms with Gasteiger partial charge >= 0.3 is 12.2 Å². The largest absolute Gasteiger partial charge is 0.461 e. The standard InChI is InChI=1S/C29H24F3N9O3/c30-29(31,32)25-22(15-36-38-26(25)42)41-16-19-3-1-2-4-20(19)23(41)17-44-28-34-8-7-21(37-28)27(43)40-11-9-39(10-12-40)24-6-5-18(13-33)14-35-24/h1-8,14-15,23H,9-12,16-17H2,(H,38,42)/t23-/m1/s1. The lowest BCUT2D eigenvalue weighted by Crippen LogP contribution is -2.49. The molecule has 1 aromatic carbocycles. The molecule has 6 rings (SSSR count). The number of aromatic nitrogens is 5. The average molecular weight is 604 g/mol. The molecule has 0 aliphatic carbocycles. The van der Waals surface area contributed by atoms with E-state index in [4.69, 9.17) is 10.00 Å². The summed E-state index contributed by atoms with van der Waals surface area (Å²) in [5, 5.41) is 14.5. The number of amides is 1. The number of pyridine rings is 1. The molecule has 15 heteroatoms. The van der Waals surface area contributed by atoms with Gasteiger partial charge in [-0.05, 0) is 29.3 Å². The van der Waals surface area contributed by atoms with Crippen molar-refractivity contribution in [1.82, 2.24) is 30.0 Å². The molecule has 1 amide bonds. The first kappa shape index (κ1) is 28.6. The number of hydrogen-bond acceptors (Lipinski definition) is 10. The summed E-state index contributed by atoms with van der Waals surface area (Å²) >= 11 is 0. The van der Waals surface area contributed by atoms with Gasteiger partial charge in [0, 0.05) is 45.1 Å². The number of halogens is 3. The maximum Gasteiger partial charge on any atom is 0.423 e. The van der Waals surface area contributed by atoms with E-state index in [0.717, 1.165) is 23.1 Å². The molecule has 224 valence electrons. The Balaban J connectivity index is 1.16. The van der Waals surface area contributed by atoms with Gasteiger partial charge in [0.25, 0.3) is 11.5 Å². The van der Waals surface area contributed by atoms with Crippen LogP contribution in [0.2, 0.25) is 0 Å². The highest BCUT2D eigenvalue weighted by atomic mass is 19.4. The first-order valence-corrected chi connectivity index (χ1v) is 13.6. The van der Waals surface area contributed by atoms with Crippen LogP contribution in [-0.4, -0.2) is 68.7 Å². The van der Waals surface area contributed by atoms with E-state index in [9.17, 15) is 22.8 Å². The van der Waals surface area contributed by atoms with Gasteiger partial charge in [0.1, 0.15) is 29.8 Å². The Bertz CT molecular complexity index is 1780. The summed E-state index contributed by atoms with van der Waals surface area (Å²) in [5.74, 6) is 0.400. The number of piperazine rings is 1. The molecular weight excluding hydrogens is 579 g/mol. The summed E-state index contributed by atoms with van der Waals surface area (Å²) in [4.78, 5) is 43.2. The van der Waals surface area contributed by atoms with E-state index in [1.165, 1.54) is 23.4 Å². The van der Waals surface area contributed by atoms with Crippen LogP contribution < -0.4 is 20.1 Å².